The third kappa shape index (κ3) is 1.67. The van der Waals surface area contributed by atoms with E-state index in [2.05, 4.69) is 32.9 Å². The minimum Gasteiger partial charge on any atom is -0.393 e. The van der Waals surface area contributed by atoms with Crippen LogP contribution >= 0.6 is 0 Å². The minimum atomic E-state index is -0.166. The van der Waals surface area contributed by atoms with Gasteiger partial charge in [-0.25, -0.2) is 0 Å². The van der Waals surface area contributed by atoms with Crippen LogP contribution in [0.5, 0.6) is 0 Å². The van der Waals surface area contributed by atoms with Gasteiger partial charge in [-0.1, -0.05) is 31.6 Å². The second-order valence-corrected chi connectivity index (χ2v) is 9.61. The highest BCUT2D eigenvalue weighted by Gasteiger charge is 2.71. The molecule has 0 aromatic heterocycles. The van der Waals surface area contributed by atoms with Gasteiger partial charge in [0.15, 0.2) is 0 Å². The predicted molar refractivity (Wildman–Crippen MR) is 90.9 cm³/mol. The number of ether oxygens (including phenoxy) is 1. The molecule has 126 valence electrons. The molecule has 2 saturated carbocycles. The maximum Gasteiger partial charge on any atom is 0.0973 e. The van der Waals surface area contributed by atoms with E-state index in [9.17, 15) is 5.11 Å². The van der Waals surface area contributed by atoms with Gasteiger partial charge in [0, 0.05) is 5.41 Å². The molecule has 1 saturated heterocycles. The van der Waals surface area contributed by atoms with Gasteiger partial charge < -0.3 is 9.84 Å². The van der Waals surface area contributed by atoms with Crippen LogP contribution in [0, 0.1) is 28.6 Å². The molecule has 7 atom stereocenters. The second-order valence-electron chi connectivity index (χ2n) is 9.61. The van der Waals surface area contributed by atoms with Gasteiger partial charge in [0.25, 0.3) is 0 Å². The summed E-state index contributed by atoms with van der Waals surface area (Å²) in [5.74, 6) is 1.83. The van der Waals surface area contributed by atoms with Crippen LogP contribution in [0.4, 0.5) is 0 Å². The van der Waals surface area contributed by atoms with Crippen LogP contribution in [-0.2, 0) is 4.74 Å². The number of hydrogen-bond acceptors (Lipinski definition) is 2. The van der Waals surface area contributed by atoms with Crippen LogP contribution in [-0.4, -0.2) is 23.4 Å². The number of hydrogen-bond donors (Lipinski definition) is 1. The Hall–Kier alpha value is -0.600. The van der Waals surface area contributed by atoms with Crippen molar-refractivity contribution < 1.29 is 9.84 Å². The lowest BCUT2D eigenvalue weighted by Gasteiger charge is -2.58. The van der Waals surface area contributed by atoms with Gasteiger partial charge in [-0.2, -0.15) is 0 Å². The van der Waals surface area contributed by atoms with E-state index in [0.29, 0.717) is 11.8 Å². The first kappa shape index (κ1) is 14.7. The molecule has 5 aliphatic rings. The van der Waals surface area contributed by atoms with Crippen molar-refractivity contribution in [1.82, 2.24) is 0 Å². The molecule has 2 nitrogen and oxygen atoms in total. The van der Waals surface area contributed by atoms with Gasteiger partial charge in [-0.3, -0.25) is 0 Å². The fraction of sp³-hybridized carbons (Fsp3) is 0.810. The van der Waals surface area contributed by atoms with E-state index >= 15 is 0 Å². The highest BCUT2D eigenvalue weighted by molar-refractivity contribution is 5.37. The van der Waals surface area contributed by atoms with E-state index in [1.54, 1.807) is 0 Å². The second kappa shape index (κ2) is 4.32. The summed E-state index contributed by atoms with van der Waals surface area (Å²) in [6, 6.07) is 0. The fourth-order valence-corrected chi connectivity index (χ4v) is 7.24. The molecule has 5 rings (SSSR count). The first-order valence-electron chi connectivity index (χ1n) is 9.60. The van der Waals surface area contributed by atoms with Gasteiger partial charge in [0.2, 0.25) is 0 Å². The zero-order chi connectivity index (χ0) is 16.0. The van der Waals surface area contributed by atoms with Crippen LogP contribution in [0.25, 0.3) is 0 Å². The third-order valence-corrected chi connectivity index (χ3v) is 8.68. The number of epoxide rings is 1. The summed E-state index contributed by atoms with van der Waals surface area (Å²) in [5.41, 5.74) is 3.53. The SMILES string of the molecule is CC1=CC2=CCC3C([C@H](O)CC4(C)C3CCC43CO3)C2(C)CC1. The number of rotatable bonds is 0. The molecule has 0 aromatic carbocycles. The average Bonchev–Trinajstić information content (AvgIpc) is 3.22. The van der Waals surface area contributed by atoms with E-state index in [1.807, 2.05) is 0 Å². The minimum absolute atomic E-state index is 0.123. The van der Waals surface area contributed by atoms with Crippen LogP contribution in [0.1, 0.15) is 59.3 Å². The van der Waals surface area contributed by atoms with E-state index < -0.39 is 0 Å². The highest BCUT2D eigenvalue weighted by atomic mass is 16.6. The Labute approximate surface area is 140 Å². The zero-order valence-corrected chi connectivity index (χ0v) is 14.8. The van der Waals surface area contributed by atoms with Gasteiger partial charge in [-0.15, -0.1) is 0 Å². The molecular formula is C21H30O2. The number of aliphatic hydroxyl groups excluding tert-OH is 1. The quantitative estimate of drug-likeness (QED) is 0.678. The summed E-state index contributed by atoms with van der Waals surface area (Å²) < 4.78 is 5.97. The van der Waals surface area contributed by atoms with Crippen molar-refractivity contribution in [2.75, 3.05) is 6.61 Å². The van der Waals surface area contributed by atoms with E-state index in [4.69, 9.17) is 4.74 Å². The molecule has 0 aromatic rings. The summed E-state index contributed by atoms with van der Waals surface area (Å²) in [7, 11) is 0. The van der Waals surface area contributed by atoms with Crippen molar-refractivity contribution in [3.63, 3.8) is 0 Å². The van der Waals surface area contributed by atoms with Crippen LogP contribution in [0.3, 0.4) is 0 Å². The number of allylic oxidation sites excluding steroid dienone is 4. The largest absolute Gasteiger partial charge is 0.393 e. The highest BCUT2D eigenvalue weighted by Crippen LogP contribution is 2.70. The molecule has 0 bridgehead atoms. The maximum absolute atomic E-state index is 11.2. The monoisotopic (exact) mass is 314 g/mol. The van der Waals surface area contributed by atoms with Crippen LogP contribution < -0.4 is 0 Å². The van der Waals surface area contributed by atoms with Gasteiger partial charge in [-0.05, 0) is 74.2 Å². The molecule has 1 N–H and O–H groups in total. The zero-order valence-electron chi connectivity index (χ0n) is 14.8. The van der Waals surface area contributed by atoms with E-state index in [-0.39, 0.29) is 22.5 Å². The van der Waals surface area contributed by atoms with Crippen LogP contribution in [0.2, 0.25) is 0 Å². The van der Waals surface area contributed by atoms with Crippen molar-refractivity contribution in [3.8, 4) is 0 Å². The van der Waals surface area contributed by atoms with Crippen molar-refractivity contribution in [2.45, 2.75) is 71.0 Å². The fourth-order valence-electron chi connectivity index (χ4n) is 7.24. The summed E-state index contributed by atoms with van der Waals surface area (Å²) >= 11 is 0. The Morgan fingerprint density at radius 2 is 2.04 bits per heavy atom. The molecule has 1 spiro atoms. The predicted octanol–water partition coefficient (Wildman–Crippen LogP) is 4.25. The molecule has 23 heavy (non-hydrogen) atoms. The van der Waals surface area contributed by atoms with E-state index in [0.717, 1.165) is 25.4 Å². The van der Waals surface area contributed by atoms with E-state index in [1.165, 1.54) is 36.8 Å². The van der Waals surface area contributed by atoms with Crippen molar-refractivity contribution >= 4 is 0 Å². The summed E-state index contributed by atoms with van der Waals surface area (Å²) in [4.78, 5) is 0. The standard InChI is InChI=1S/C21H30O2/c1-13-6-8-19(2)14(10-13)4-5-15-16-7-9-21(12-23-21)20(16,3)11-17(22)18(15)19/h4,10,15-18,22H,5-9,11-12H2,1-3H3/t15?,16?,17-,18?,19?,20?,21?/m1/s1. The van der Waals surface area contributed by atoms with Gasteiger partial charge in [0.1, 0.15) is 0 Å². The Bertz CT molecular complexity index is 613. The summed E-state index contributed by atoms with van der Waals surface area (Å²) in [6.45, 7) is 8.04. The number of aliphatic hydroxyl groups is 1. The average molecular weight is 314 g/mol. The molecule has 4 aliphatic carbocycles. The van der Waals surface area contributed by atoms with Crippen molar-refractivity contribution in [1.29, 1.82) is 0 Å². The third-order valence-electron chi connectivity index (χ3n) is 8.68. The Balaban J connectivity index is 1.58. The normalized spacial score (nSPS) is 57.2. The maximum atomic E-state index is 11.2. The Kier molecular flexibility index (Phi) is 2.77. The molecular weight excluding hydrogens is 284 g/mol. The molecule has 2 heteroatoms. The molecule has 6 unspecified atom stereocenters. The van der Waals surface area contributed by atoms with Crippen molar-refractivity contribution in [3.05, 3.63) is 23.3 Å². The molecule has 0 amide bonds. The molecule has 1 heterocycles. The molecule has 1 aliphatic heterocycles. The summed E-state index contributed by atoms with van der Waals surface area (Å²) in [5, 5.41) is 11.2. The van der Waals surface area contributed by atoms with Gasteiger partial charge >= 0.3 is 0 Å². The van der Waals surface area contributed by atoms with Crippen LogP contribution in [0.15, 0.2) is 23.3 Å². The lowest BCUT2D eigenvalue weighted by Crippen LogP contribution is -2.56. The topological polar surface area (TPSA) is 32.8 Å². The first-order valence-corrected chi connectivity index (χ1v) is 9.60. The Morgan fingerprint density at radius 3 is 2.78 bits per heavy atom. The Morgan fingerprint density at radius 1 is 1.26 bits per heavy atom. The lowest BCUT2D eigenvalue weighted by atomic mass is 9.47. The molecule has 0 radical (unpaired) electrons. The van der Waals surface area contributed by atoms with Crippen molar-refractivity contribution in [2.24, 2.45) is 28.6 Å². The summed E-state index contributed by atoms with van der Waals surface area (Å²) in [6.07, 6.45) is 11.8. The number of fused-ring (bicyclic) bond motifs is 6. The lowest BCUT2D eigenvalue weighted by molar-refractivity contribution is -0.121. The smallest absolute Gasteiger partial charge is 0.0973 e. The van der Waals surface area contributed by atoms with Gasteiger partial charge in [0.05, 0.1) is 18.3 Å². The molecule has 3 fully saturated rings. The first-order chi connectivity index (χ1) is 10.9.